The fourth-order valence-electron chi connectivity index (χ4n) is 9.37. The summed E-state index contributed by atoms with van der Waals surface area (Å²) in [5.41, 5.74) is 0. The molecule has 4 aliphatic heterocycles. The van der Waals surface area contributed by atoms with Crippen molar-refractivity contribution in [1.29, 1.82) is 0 Å². The van der Waals surface area contributed by atoms with Gasteiger partial charge in [0.1, 0.15) is 97.6 Å². The second kappa shape index (κ2) is 33.1. The zero-order valence-corrected chi connectivity index (χ0v) is 44.7. The number of nitrogens with one attached hydrogen (secondary N) is 2. The largest absolute Gasteiger partial charge is 0.397 e. The van der Waals surface area contributed by atoms with Gasteiger partial charge in [-0.15, -0.1) is 0 Å². The molecule has 4 rings (SSSR count). The number of ether oxygens (including phenoxy) is 8. The number of aliphatic hydroxyl groups is 11. The average Bonchev–Trinajstić information content (AvgIpc) is 3.45. The Hall–Kier alpha value is -2.34. The molecule has 0 aliphatic carbocycles. The summed E-state index contributed by atoms with van der Waals surface area (Å²) in [6.45, 7) is -1.79. The van der Waals surface area contributed by atoms with Crippen molar-refractivity contribution in [1.82, 2.24) is 10.6 Å². The molecule has 0 saturated carbocycles. The summed E-state index contributed by atoms with van der Waals surface area (Å²) >= 11 is 0. The topological polar surface area (TPSA) is 482 Å². The van der Waals surface area contributed by atoms with Crippen LogP contribution < -0.4 is 10.6 Å². The third-order valence-electron chi connectivity index (χ3n) is 13.4. The van der Waals surface area contributed by atoms with Gasteiger partial charge in [0.05, 0.1) is 45.2 Å². The maximum absolute atomic E-state index is 12.6. The van der Waals surface area contributed by atoms with Crippen molar-refractivity contribution in [2.45, 2.75) is 226 Å². The molecular weight excluding hydrogens is 1100 g/mol. The Balaban J connectivity index is 1.47. The number of rotatable bonds is 34. The summed E-state index contributed by atoms with van der Waals surface area (Å²) in [4.78, 5) is 24.1. The standard InChI is InChI=1S/C45H80N2O29S2/c1-3-4-5-6-7-8-9-10-11-12-13-14-15-16-25(54)24(46-22-52)21-67-43-34(58)33(57)37(28(19-50)70-43)72-45-36(60)41(76-78(64,65)66)38(29(20-51)71-45)73-42-30(47-23(2)53)39(31(55)26(17-48)68-42)74-44-35(59)40(75-77(61,62)63)32(56)27(18-49)69-44/h15-16,22,24-45,48-51,54-60H,3-14,17-21H2,1-2H3,(H,46,52)(H,47,53)(H,61,62,63)(H,64,65,66)/b16-15+/t24-,25+,26+,27+,28+,29+,30+,31-,32-,33+,34+,35+,36+,37+,38-,39+,40-,41+,42-,43+,44-,45-/m0/s1. The van der Waals surface area contributed by atoms with Crippen molar-refractivity contribution in [3.63, 3.8) is 0 Å². The molecule has 0 spiro atoms. The molecule has 4 heterocycles. The highest BCUT2D eigenvalue weighted by atomic mass is 32.3. The second-order valence-electron chi connectivity index (χ2n) is 19.3. The van der Waals surface area contributed by atoms with Crippen LogP contribution in [0.5, 0.6) is 0 Å². The minimum Gasteiger partial charge on any atom is -0.394 e. The molecule has 0 unspecified atom stereocenters. The van der Waals surface area contributed by atoms with Gasteiger partial charge in [-0.25, -0.2) is 8.37 Å². The highest BCUT2D eigenvalue weighted by molar-refractivity contribution is 7.81. The maximum atomic E-state index is 12.6. The molecule has 22 atom stereocenters. The molecule has 0 aromatic carbocycles. The quantitative estimate of drug-likeness (QED) is 0.0124. The molecule has 0 radical (unpaired) electrons. The van der Waals surface area contributed by atoms with Crippen molar-refractivity contribution in [2.75, 3.05) is 33.0 Å². The SMILES string of the molecule is CCCCCCCCCCCCC/C=C/[C@@H](O)[C@H](CO[C@@H]1O[C@H](CO)[C@@H](O[C@@H]2O[C@H](CO)[C@H](O[C@@H]3O[C@H](CO)[C@H](O)[C@H](O[C@@H]4O[C@H](CO)[C@H](O)[C@H](OS(=O)(=O)O)[C@H]4O)[C@H]3NC(C)=O)[C@H](OS(=O)(=O)O)[C@H]2O)[C@H](O)[C@H]1O)NC=O. The van der Waals surface area contributed by atoms with E-state index in [4.69, 9.17) is 42.1 Å². The van der Waals surface area contributed by atoms with E-state index in [-0.39, 0.29) is 0 Å². The van der Waals surface area contributed by atoms with Crippen LogP contribution in [-0.2, 0) is 76.6 Å². The van der Waals surface area contributed by atoms with Gasteiger partial charge < -0.3 is 105 Å². The molecule has 0 aromatic rings. The zero-order valence-electron chi connectivity index (χ0n) is 43.1. The van der Waals surface area contributed by atoms with E-state index in [1.54, 1.807) is 6.08 Å². The number of allylic oxidation sites excluding steroid dienone is 1. The Labute approximate surface area is 451 Å². The number of carbonyl (C=O) groups excluding carboxylic acids is 2. The summed E-state index contributed by atoms with van der Waals surface area (Å²) in [5.74, 6) is -0.950. The molecular formula is C45H80N2O29S2. The number of hydrogen-bond donors (Lipinski definition) is 15. The van der Waals surface area contributed by atoms with Gasteiger partial charge in [0.15, 0.2) is 25.2 Å². The van der Waals surface area contributed by atoms with Crippen molar-refractivity contribution in [2.24, 2.45) is 0 Å². The van der Waals surface area contributed by atoms with Gasteiger partial charge in [0, 0.05) is 6.92 Å². The molecule has 31 nitrogen and oxygen atoms in total. The minimum atomic E-state index is -5.65. The maximum Gasteiger partial charge on any atom is 0.397 e. The van der Waals surface area contributed by atoms with Gasteiger partial charge in [-0.2, -0.15) is 16.8 Å². The minimum absolute atomic E-state index is 0.309. The van der Waals surface area contributed by atoms with E-state index in [2.05, 4.69) is 21.7 Å². The van der Waals surface area contributed by atoms with Gasteiger partial charge >= 0.3 is 20.8 Å². The summed E-state index contributed by atoms with van der Waals surface area (Å²) in [7, 11) is -11.1. The number of aliphatic hydroxyl groups excluding tert-OH is 11. The predicted octanol–water partition coefficient (Wildman–Crippen LogP) is -5.19. The molecule has 0 bridgehead atoms. The molecule has 4 aliphatic rings. The lowest BCUT2D eigenvalue weighted by Crippen LogP contribution is -2.70. The Kier molecular flexibility index (Phi) is 28.9. The average molecular weight is 1180 g/mol. The van der Waals surface area contributed by atoms with Crippen LogP contribution >= 0.6 is 0 Å². The monoisotopic (exact) mass is 1180 g/mol. The van der Waals surface area contributed by atoms with Crippen LogP contribution in [0.15, 0.2) is 12.2 Å². The number of hydrogen-bond acceptors (Lipinski definition) is 27. The van der Waals surface area contributed by atoms with Crippen LogP contribution in [0.1, 0.15) is 90.9 Å². The highest BCUT2D eigenvalue weighted by Crippen LogP contribution is 2.36. The lowest BCUT2D eigenvalue weighted by Gasteiger charge is -2.50. The van der Waals surface area contributed by atoms with Crippen molar-refractivity contribution in [3.8, 4) is 0 Å². The van der Waals surface area contributed by atoms with Crippen molar-refractivity contribution in [3.05, 3.63) is 12.2 Å². The summed E-state index contributed by atoms with van der Waals surface area (Å²) < 4.78 is 122. The van der Waals surface area contributed by atoms with Crippen molar-refractivity contribution >= 4 is 33.1 Å². The molecule has 78 heavy (non-hydrogen) atoms. The van der Waals surface area contributed by atoms with Crippen molar-refractivity contribution < 1.29 is 138 Å². The molecule has 4 saturated heterocycles. The lowest BCUT2D eigenvalue weighted by molar-refractivity contribution is -0.378. The fraction of sp³-hybridized carbons (Fsp3) is 0.911. The van der Waals surface area contributed by atoms with E-state index in [1.807, 2.05) is 0 Å². The first kappa shape index (κ1) is 68.2. The van der Waals surface area contributed by atoms with E-state index >= 15 is 0 Å². The Bertz CT molecular complexity index is 2010. The Morgan fingerprint density at radius 3 is 1.54 bits per heavy atom. The second-order valence-corrected chi connectivity index (χ2v) is 21.4. The van der Waals surface area contributed by atoms with Gasteiger partial charge in [-0.05, 0) is 12.8 Å². The Morgan fingerprint density at radius 1 is 0.564 bits per heavy atom. The van der Waals surface area contributed by atoms with E-state index in [0.717, 1.165) is 32.6 Å². The molecule has 0 aromatic heterocycles. The first-order valence-corrected chi connectivity index (χ1v) is 28.5. The van der Waals surface area contributed by atoms with E-state index in [9.17, 15) is 91.7 Å². The molecule has 4 fully saturated rings. The van der Waals surface area contributed by atoms with Crippen LogP contribution in [-0.4, -0.2) is 262 Å². The number of carbonyl (C=O) groups is 2. The van der Waals surface area contributed by atoms with Gasteiger partial charge in [0.25, 0.3) is 0 Å². The van der Waals surface area contributed by atoms with E-state index in [1.165, 1.54) is 51.0 Å². The van der Waals surface area contributed by atoms with Crippen LogP contribution in [0.25, 0.3) is 0 Å². The van der Waals surface area contributed by atoms with E-state index < -0.39 is 195 Å². The van der Waals surface area contributed by atoms with E-state index in [0.29, 0.717) is 12.8 Å². The predicted molar refractivity (Wildman–Crippen MR) is 259 cm³/mol. The highest BCUT2D eigenvalue weighted by Gasteiger charge is 2.57. The number of amides is 2. The molecule has 15 N–H and O–H groups in total. The third-order valence-corrected chi connectivity index (χ3v) is 14.4. The molecule has 2 amide bonds. The third kappa shape index (κ3) is 20.2. The van der Waals surface area contributed by atoms with Gasteiger partial charge in [-0.1, -0.05) is 83.3 Å². The Morgan fingerprint density at radius 2 is 1.01 bits per heavy atom. The normalized spacial score (nSPS) is 36.8. The summed E-state index contributed by atoms with van der Waals surface area (Å²) in [5, 5.41) is 123. The van der Waals surface area contributed by atoms with Crippen LogP contribution in [0, 0.1) is 0 Å². The lowest BCUT2D eigenvalue weighted by atomic mass is 9.94. The summed E-state index contributed by atoms with van der Waals surface area (Å²) in [6, 6.07) is -3.01. The summed E-state index contributed by atoms with van der Waals surface area (Å²) in [6.07, 6.45) is -24.1. The van der Waals surface area contributed by atoms with Crippen LogP contribution in [0.3, 0.4) is 0 Å². The fourth-order valence-corrected chi connectivity index (χ4v) is 10.4. The first-order chi connectivity index (χ1) is 36.9. The smallest absolute Gasteiger partial charge is 0.394 e. The molecule has 456 valence electrons. The van der Waals surface area contributed by atoms with Crippen LogP contribution in [0.2, 0.25) is 0 Å². The molecule has 33 heteroatoms. The first-order valence-electron chi connectivity index (χ1n) is 25.8. The van der Waals surface area contributed by atoms with Gasteiger partial charge in [0.2, 0.25) is 12.3 Å². The number of unbranched alkanes of at least 4 members (excludes halogenated alkanes) is 11. The zero-order chi connectivity index (χ0) is 57.9. The van der Waals surface area contributed by atoms with Crippen LogP contribution in [0.4, 0.5) is 0 Å². The van der Waals surface area contributed by atoms with Gasteiger partial charge in [-0.3, -0.25) is 18.7 Å².